The van der Waals surface area contributed by atoms with Crippen LogP contribution in [0.1, 0.15) is 0 Å². The van der Waals surface area contributed by atoms with Crippen LogP contribution in [0.25, 0.3) is 0 Å². The van der Waals surface area contributed by atoms with Crippen LogP contribution in [0.3, 0.4) is 0 Å². The van der Waals surface area contributed by atoms with E-state index in [0.717, 1.165) is 5.49 Å². The first-order chi connectivity index (χ1) is 6.24. The molecule has 1 unspecified atom stereocenters. The molecule has 1 rings (SSSR count). The molecular weight excluding hydrogens is 208 g/mol. The highest BCUT2D eigenvalue weighted by Gasteiger charge is 1.99. The van der Waals surface area contributed by atoms with Gasteiger partial charge in [0.15, 0.2) is 11.1 Å². The van der Waals surface area contributed by atoms with Crippen LogP contribution in [-0.4, -0.2) is 14.3 Å². The smallest absolute Gasteiger partial charge is 0.186 e. The van der Waals surface area contributed by atoms with E-state index in [0.29, 0.717) is 10.6 Å². The van der Waals surface area contributed by atoms with Gasteiger partial charge in [-0.25, -0.2) is 4.21 Å². The summed E-state index contributed by atoms with van der Waals surface area (Å²) >= 11 is 2.46. The molecule has 0 radical (unpaired) electrons. The Labute approximate surface area is 83.0 Å². The van der Waals surface area contributed by atoms with Gasteiger partial charge in [0.25, 0.3) is 0 Å². The van der Waals surface area contributed by atoms with Crippen LogP contribution >= 0.6 is 12.2 Å². The van der Waals surface area contributed by atoms with Crippen molar-refractivity contribution >= 4 is 34.5 Å². The van der Waals surface area contributed by atoms with E-state index >= 15 is 0 Å². The van der Waals surface area contributed by atoms with Crippen LogP contribution in [0.4, 0.5) is 5.69 Å². The molecular formula is C7H6N2O2S2. The van der Waals surface area contributed by atoms with Crippen molar-refractivity contribution in [3.05, 3.63) is 24.3 Å². The molecule has 6 heteroatoms. The molecule has 0 fully saturated rings. The largest absolute Gasteiger partial charge is 0.302 e. The second-order valence-electron chi connectivity index (χ2n) is 2.07. The van der Waals surface area contributed by atoms with E-state index in [9.17, 15) is 4.21 Å². The summed E-state index contributed by atoms with van der Waals surface area (Å²) in [5, 5.41) is 7.16. The minimum atomic E-state index is -1.98. The molecule has 0 aliphatic rings. The van der Waals surface area contributed by atoms with Crippen LogP contribution in [0.15, 0.2) is 39.4 Å². The highest BCUT2D eigenvalue weighted by Crippen LogP contribution is 2.15. The van der Waals surface area contributed by atoms with E-state index in [1.54, 1.807) is 12.1 Å². The van der Waals surface area contributed by atoms with Crippen molar-refractivity contribution in [1.29, 1.82) is 0 Å². The van der Waals surface area contributed by atoms with Crippen LogP contribution in [-0.2, 0) is 11.1 Å². The molecule has 1 aromatic carbocycles. The van der Waals surface area contributed by atoms with Gasteiger partial charge in [0.1, 0.15) is 5.49 Å². The van der Waals surface area contributed by atoms with Crippen molar-refractivity contribution in [1.82, 2.24) is 0 Å². The van der Waals surface area contributed by atoms with E-state index in [-0.39, 0.29) is 0 Å². The lowest BCUT2D eigenvalue weighted by Gasteiger charge is -1.94. The summed E-state index contributed by atoms with van der Waals surface area (Å²) in [5.74, 6) is 0. The van der Waals surface area contributed by atoms with Crippen LogP contribution < -0.4 is 0 Å². The van der Waals surface area contributed by atoms with Gasteiger partial charge in [-0.3, -0.25) is 0 Å². The number of benzene rings is 1. The third-order valence-electron chi connectivity index (χ3n) is 1.24. The quantitative estimate of drug-likeness (QED) is 0.477. The highest BCUT2D eigenvalue weighted by molar-refractivity contribution is 7.79. The molecule has 0 aromatic heterocycles. The third-order valence-corrected chi connectivity index (χ3v) is 1.99. The number of thiocarbonyl (C=S) groups is 1. The van der Waals surface area contributed by atoms with Crippen LogP contribution in [0, 0.1) is 0 Å². The Bertz CT molecular complexity index is 365. The summed E-state index contributed by atoms with van der Waals surface area (Å²) in [6.07, 6.45) is 0. The summed E-state index contributed by atoms with van der Waals surface area (Å²) in [4.78, 5) is 0.292. The molecule has 0 aliphatic heterocycles. The minimum Gasteiger partial charge on any atom is -0.302 e. The fraction of sp³-hybridized carbons (Fsp3) is 0. The van der Waals surface area contributed by atoms with Gasteiger partial charge in [0, 0.05) is 0 Å². The van der Waals surface area contributed by atoms with Crippen molar-refractivity contribution in [3.8, 4) is 0 Å². The predicted octanol–water partition coefficient (Wildman–Crippen LogP) is 2.31. The molecule has 0 saturated heterocycles. The molecule has 13 heavy (non-hydrogen) atoms. The summed E-state index contributed by atoms with van der Waals surface area (Å²) in [6, 6.07) is 6.30. The van der Waals surface area contributed by atoms with Gasteiger partial charge >= 0.3 is 0 Å². The lowest BCUT2D eigenvalue weighted by atomic mass is 10.3. The van der Waals surface area contributed by atoms with Gasteiger partial charge in [-0.05, 0) is 18.2 Å². The Morgan fingerprint density at radius 1 is 1.54 bits per heavy atom. The summed E-state index contributed by atoms with van der Waals surface area (Å²) in [5.41, 5.74) is 1.63. The van der Waals surface area contributed by atoms with Crippen molar-refractivity contribution < 1.29 is 8.76 Å². The monoisotopic (exact) mass is 214 g/mol. The lowest BCUT2D eigenvalue weighted by Crippen LogP contribution is -1.85. The zero-order valence-corrected chi connectivity index (χ0v) is 8.09. The molecule has 1 N–H and O–H groups in total. The standard InChI is InChI=1S/C7H6N2O2S2/c10-13(11)7-3-1-2-6(4-7)9-8-5-12/h1-5H,(H,10,11). The van der Waals surface area contributed by atoms with Gasteiger partial charge < -0.3 is 4.55 Å². The molecule has 0 saturated carbocycles. The second kappa shape index (κ2) is 4.90. The van der Waals surface area contributed by atoms with Gasteiger partial charge in [-0.15, -0.1) is 5.11 Å². The lowest BCUT2D eigenvalue weighted by molar-refractivity contribution is 0.564. The molecule has 0 aliphatic carbocycles. The number of rotatable bonds is 3. The van der Waals surface area contributed by atoms with E-state index in [1.807, 2.05) is 0 Å². The third kappa shape index (κ3) is 3.10. The summed E-state index contributed by atoms with van der Waals surface area (Å²) in [6.45, 7) is 0. The van der Waals surface area contributed by atoms with Gasteiger partial charge in [-0.1, -0.05) is 18.3 Å². The fourth-order valence-electron chi connectivity index (χ4n) is 0.745. The first kappa shape index (κ1) is 10.1. The molecule has 0 spiro atoms. The number of hydrogen-bond donors (Lipinski definition) is 1. The van der Waals surface area contributed by atoms with E-state index in [1.165, 1.54) is 12.1 Å². The molecule has 0 bridgehead atoms. The van der Waals surface area contributed by atoms with Crippen molar-refractivity contribution in [2.45, 2.75) is 4.90 Å². The van der Waals surface area contributed by atoms with Gasteiger partial charge in [0.2, 0.25) is 0 Å². The molecule has 0 heterocycles. The van der Waals surface area contributed by atoms with Crippen LogP contribution in [0.2, 0.25) is 0 Å². The van der Waals surface area contributed by atoms with E-state index < -0.39 is 11.1 Å². The number of hydrogen-bond acceptors (Lipinski definition) is 3. The van der Waals surface area contributed by atoms with E-state index in [4.69, 9.17) is 4.55 Å². The zero-order chi connectivity index (χ0) is 9.68. The SMILES string of the molecule is O=S(O)c1cccc(N=NC=S)c1. The maximum absolute atomic E-state index is 10.6. The Kier molecular flexibility index (Phi) is 3.81. The predicted molar refractivity (Wildman–Crippen MR) is 53.7 cm³/mol. The number of azo groups is 1. The minimum absolute atomic E-state index is 0.292. The summed E-state index contributed by atoms with van der Waals surface area (Å²) in [7, 11) is 0. The Hall–Kier alpha value is -0.980. The van der Waals surface area contributed by atoms with Gasteiger partial charge in [0.05, 0.1) is 10.6 Å². The van der Waals surface area contributed by atoms with Crippen LogP contribution in [0.5, 0.6) is 0 Å². The van der Waals surface area contributed by atoms with E-state index in [2.05, 4.69) is 22.4 Å². The second-order valence-corrected chi connectivity index (χ2v) is 3.25. The Morgan fingerprint density at radius 3 is 2.92 bits per heavy atom. The molecule has 68 valence electrons. The average Bonchev–Trinajstić information content (AvgIpc) is 2.15. The summed E-state index contributed by atoms with van der Waals surface area (Å²) < 4.78 is 19.4. The van der Waals surface area contributed by atoms with Crippen molar-refractivity contribution in [3.63, 3.8) is 0 Å². The molecule has 0 amide bonds. The maximum atomic E-state index is 10.6. The topological polar surface area (TPSA) is 62.0 Å². The normalized spacial score (nSPS) is 13.0. The van der Waals surface area contributed by atoms with Crippen molar-refractivity contribution in [2.24, 2.45) is 10.2 Å². The number of nitrogens with zero attached hydrogens (tertiary/aromatic N) is 2. The Morgan fingerprint density at radius 2 is 2.31 bits per heavy atom. The maximum Gasteiger partial charge on any atom is 0.186 e. The molecule has 4 nitrogen and oxygen atoms in total. The molecule has 1 aromatic rings. The first-order valence-electron chi connectivity index (χ1n) is 3.29. The average molecular weight is 214 g/mol. The molecule has 1 atom stereocenters. The first-order valence-corrected chi connectivity index (χ1v) is 4.87. The van der Waals surface area contributed by atoms with Gasteiger partial charge in [-0.2, -0.15) is 5.11 Å². The highest BCUT2D eigenvalue weighted by atomic mass is 32.2. The fourth-order valence-corrected chi connectivity index (χ4v) is 1.21. The zero-order valence-electron chi connectivity index (χ0n) is 6.45. The van der Waals surface area contributed by atoms with Crippen molar-refractivity contribution in [2.75, 3.05) is 0 Å². The Balaban J connectivity index is 2.98.